The first kappa shape index (κ1) is 12.7. The molecule has 18 heavy (non-hydrogen) atoms. The van der Waals surface area contributed by atoms with E-state index in [0.717, 1.165) is 24.3 Å². The number of nitrogens with zero attached hydrogens (tertiary/aromatic N) is 2. The van der Waals surface area contributed by atoms with Crippen LogP contribution in [0.5, 0.6) is 0 Å². The van der Waals surface area contributed by atoms with Crippen LogP contribution in [-0.4, -0.2) is 30.5 Å². The summed E-state index contributed by atoms with van der Waals surface area (Å²) in [4.78, 5) is 17.5. The number of hydrogen-bond acceptors (Lipinski definition) is 4. The lowest BCUT2D eigenvalue weighted by Gasteiger charge is -2.30. The standard InChI is InChI=1S/C13H20N4O/c1-15-13-8-11(6-7-16-13)17(9-12(14)18)10-4-2-3-5-10/h6-8,10H,2-5,9H2,1H3,(H2,14,18)(H,15,16). The lowest BCUT2D eigenvalue weighted by molar-refractivity contribution is -0.116. The molecular formula is C13H20N4O. The molecule has 1 saturated carbocycles. The van der Waals surface area contributed by atoms with Crippen LogP contribution < -0.4 is 16.0 Å². The topological polar surface area (TPSA) is 71.2 Å². The van der Waals surface area contributed by atoms with Gasteiger partial charge >= 0.3 is 0 Å². The van der Waals surface area contributed by atoms with Gasteiger partial charge in [0.15, 0.2) is 0 Å². The Labute approximate surface area is 107 Å². The molecular weight excluding hydrogens is 228 g/mol. The van der Waals surface area contributed by atoms with Gasteiger partial charge in [0.1, 0.15) is 5.82 Å². The van der Waals surface area contributed by atoms with Crippen molar-refractivity contribution < 1.29 is 4.79 Å². The highest BCUT2D eigenvalue weighted by atomic mass is 16.1. The highest BCUT2D eigenvalue weighted by Gasteiger charge is 2.24. The maximum Gasteiger partial charge on any atom is 0.236 e. The van der Waals surface area contributed by atoms with E-state index in [1.165, 1.54) is 12.8 Å². The molecule has 0 atom stereocenters. The number of pyridine rings is 1. The number of nitrogens with one attached hydrogen (secondary N) is 1. The largest absolute Gasteiger partial charge is 0.373 e. The number of carbonyl (C=O) groups excluding carboxylic acids is 1. The van der Waals surface area contributed by atoms with Gasteiger partial charge in [0, 0.05) is 31.0 Å². The van der Waals surface area contributed by atoms with E-state index in [4.69, 9.17) is 5.73 Å². The number of aromatic nitrogens is 1. The second-order valence-corrected chi connectivity index (χ2v) is 4.68. The summed E-state index contributed by atoms with van der Waals surface area (Å²) in [6.45, 7) is 0.276. The molecule has 2 rings (SSSR count). The molecule has 0 aromatic carbocycles. The Kier molecular flexibility index (Phi) is 4.02. The van der Waals surface area contributed by atoms with E-state index in [1.807, 2.05) is 19.2 Å². The van der Waals surface area contributed by atoms with Gasteiger partial charge in [-0.1, -0.05) is 12.8 Å². The van der Waals surface area contributed by atoms with E-state index in [9.17, 15) is 4.79 Å². The minimum absolute atomic E-state index is 0.276. The van der Waals surface area contributed by atoms with Crippen molar-refractivity contribution >= 4 is 17.4 Å². The summed E-state index contributed by atoms with van der Waals surface area (Å²) in [6, 6.07) is 4.31. The zero-order valence-electron chi connectivity index (χ0n) is 10.7. The summed E-state index contributed by atoms with van der Waals surface area (Å²) in [5.74, 6) is 0.518. The van der Waals surface area contributed by atoms with Crippen LogP contribution in [0.4, 0.5) is 11.5 Å². The van der Waals surface area contributed by atoms with Crippen LogP contribution in [0.2, 0.25) is 0 Å². The minimum atomic E-state index is -0.287. The Hall–Kier alpha value is -1.78. The number of nitrogens with two attached hydrogens (primary N) is 1. The van der Waals surface area contributed by atoms with Crippen molar-refractivity contribution in [1.29, 1.82) is 0 Å². The molecule has 0 bridgehead atoms. The van der Waals surface area contributed by atoms with Gasteiger partial charge in [-0.25, -0.2) is 4.98 Å². The third-order valence-corrected chi connectivity index (χ3v) is 3.42. The lowest BCUT2D eigenvalue weighted by Crippen LogP contribution is -2.40. The Balaban J connectivity index is 2.23. The smallest absolute Gasteiger partial charge is 0.236 e. The zero-order valence-corrected chi connectivity index (χ0v) is 10.7. The molecule has 1 aromatic heterocycles. The van der Waals surface area contributed by atoms with E-state index < -0.39 is 0 Å². The summed E-state index contributed by atoms with van der Waals surface area (Å²) in [5.41, 5.74) is 6.37. The number of hydrogen-bond donors (Lipinski definition) is 2. The Bertz CT molecular complexity index is 415. The third-order valence-electron chi connectivity index (χ3n) is 3.42. The fourth-order valence-corrected chi connectivity index (χ4v) is 2.55. The number of rotatable bonds is 5. The average molecular weight is 248 g/mol. The molecule has 5 heteroatoms. The number of anilines is 2. The zero-order chi connectivity index (χ0) is 13.0. The fraction of sp³-hybridized carbons (Fsp3) is 0.538. The van der Waals surface area contributed by atoms with Gasteiger partial charge in [-0.15, -0.1) is 0 Å². The molecule has 0 spiro atoms. The lowest BCUT2D eigenvalue weighted by atomic mass is 10.2. The predicted molar refractivity (Wildman–Crippen MR) is 72.6 cm³/mol. The summed E-state index contributed by atoms with van der Waals surface area (Å²) in [7, 11) is 1.83. The van der Waals surface area contributed by atoms with E-state index >= 15 is 0 Å². The van der Waals surface area contributed by atoms with Crippen molar-refractivity contribution in [2.45, 2.75) is 31.7 Å². The van der Waals surface area contributed by atoms with Gasteiger partial charge in [-0.05, 0) is 18.9 Å². The molecule has 0 aliphatic heterocycles. The van der Waals surface area contributed by atoms with E-state index in [0.29, 0.717) is 6.04 Å². The van der Waals surface area contributed by atoms with Crippen molar-refractivity contribution in [3.63, 3.8) is 0 Å². The normalized spacial score (nSPS) is 15.6. The molecule has 1 aliphatic rings. The maximum absolute atomic E-state index is 11.2. The van der Waals surface area contributed by atoms with Crippen molar-refractivity contribution in [2.75, 3.05) is 23.8 Å². The van der Waals surface area contributed by atoms with Crippen molar-refractivity contribution in [3.8, 4) is 0 Å². The SMILES string of the molecule is CNc1cc(N(CC(N)=O)C2CCCC2)ccn1. The highest BCUT2D eigenvalue weighted by Crippen LogP contribution is 2.28. The molecule has 98 valence electrons. The second kappa shape index (κ2) is 5.71. The van der Waals surface area contributed by atoms with Crippen molar-refractivity contribution in [1.82, 2.24) is 4.98 Å². The molecule has 0 saturated heterocycles. The number of carbonyl (C=O) groups is 1. The molecule has 1 heterocycles. The summed E-state index contributed by atoms with van der Waals surface area (Å²) >= 11 is 0. The molecule has 3 N–H and O–H groups in total. The first-order valence-corrected chi connectivity index (χ1v) is 6.39. The first-order chi connectivity index (χ1) is 8.70. The van der Waals surface area contributed by atoms with E-state index in [1.54, 1.807) is 6.20 Å². The van der Waals surface area contributed by atoms with Gasteiger partial charge in [0.05, 0.1) is 6.54 Å². The maximum atomic E-state index is 11.2. The monoisotopic (exact) mass is 248 g/mol. The fourth-order valence-electron chi connectivity index (χ4n) is 2.55. The minimum Gasteiger partial charge on any atom is -0.373 e. The molecule has 1 aliphatic carbocycles. The summed E-state index contributed by atoms with van der Waals surface area (Å²) in [6.07, 6.45) is 6.47. The van der Waals surface area contributed by atoms with Crippen LogP contribution in [-0.2, 0) is 4.79 Å². The predicted octanol–water partition coefficient (Wildman–Crippen LogP) is 1.36. The number of primary amides is 1. The first-order valence-electron chi connectivity index (χ1n) is 6.39. The average Bonchev–Trinajstić information content (AvgIpc) is 2.89. The van der Waals surface area contributed by atoms with Crippen LogP contribution in [0.25, 0.3) is 0 Å². The Morgan fingerprint density at radius 3 is 2.89 bits per heavy atom. The van der Waals surface area contributed by atoms with Gasteiger partial charge in [-0.2, -0.15) is 0 Å². The summed E-state index contributed by atoms with van der Waals surface area (Å²) < 4.78 is 0. The van der Waals surface area contributed by atoms with E-state index in [2.05, 4.69) is 15.2 Å². The molecule has 1 fully saturated rings. The quantitative estimate of drug-likeness (QED) is 0.825. The van der Waals surface area contributed by atoms with Crippen LogP contribution >= 0.6 is 0 Å². The van der Waals surface area contributed by atoms with Crippen LogP contribution in [0.15, 0.2) is 18.3 Å². The molecule has 0 radical (unpaired) electrons. The second-order valence-electron chi connectivity index (χ2n) is 4.68. The highest BCUT2D eigenvalue weighted by molar-refractivity contribution is 5.80. The van der Waals surface area contributed by atoms with E-state index in [-0.39, 0.29) is 12.5 Å². The molecule has 1 aromatic rings. The molecule has 5 nitrogen and oxygen atoms in total. The molecule has 0 unspecified atom stereocenters. The van der Waals surface area contributed by atoms with Crippen molar-refractivity contribution in [2.24, 2.45) is 5.73 Å². The Morgan fingerprint density at radius 2 is 2.28 bits per heavy atom. The van der Waals surface area contributed by atoms with Crippen molar-refractivity contribution in [3.05, 3.63) is 18.3 Å². The summed E-state index contributed by atoms with van der Waals surface area (Å²) in [5, 5.41) is 3.01. The van der Waals surface area contributed by atoms with Gasteiger partial charge in [0.2, 0.25) is 5.91 Å². The Morgan fingerprint density at radius 1 is 1.56 bits per heavy atom. The van der Waals surface area contributed by atoms with Gasteiger partial charge < -0.3 is 16.0 Å². The number of amides is 1. The van der Waals surface area contributed by atoms with Gasteiger partial charge in [0.25, 0.3) is 0 Å². The van der Waals surface area contributed by atoms with Gasteiger partial charge in [-0.3, -0.25) is 4.79 Å². The molecule has 1 amide bonds. The van der Waals surface area contributed by atoms with Crippen LogP contribution in [0.3, 0.4) is 0 Å². The third kappa shape index (κ3) is 2.91. The van der Waals surface area contributed by atoms with Crippen LogP contribution in [0.1, 0.15) is 25.7 Å². The van der Waals surface area contributed by atoms with Crippen LogP contribution in [0, 0.1) is 0 Å².